The van der Waals surface area contributed by atoms with Gasteiger partial charge in [0.25, 0.3) is 0 Å². The van der Waals surface area contributed by atoms with Gasteiger partial charge in [0, 0.05) is 0 Å². The predicted molar refractivity (Wildman–Crippen MR) is 57.3 cm³/mol. The molecule has 0 saturated heterocycles. The third kappa shape index (κ3) is 2.59. The van der Waals surface area contributed by atoms with Crippen LogP contribution < -0.4 is 0 Å². The van der Waals surface area contributed by atoms with E-state index in [4.69, 9.17) is 5.11 Å². The molecular weight excluding hydrogens is 270 g/mol. The first-order valence-electron chi connectivity index (χ1n) is 4.24. The molecule has 0 aliphatic rings. The largest absolute Gasteiger partial charge is 0.478 e. The highest BCUT2D eigenvalue weighted by Crippen LogP contribution is 2.33. The van der Waals surface area contributed by atoms with Gasteiger partial charge in [0.05, 0.1) is 10.5 Å². The van der Waals surface area contributed by atoms with Crippen LogP contribution in [-0.2, 0) is 0 Å². The maximum atomic E-state index is 13.5. The van der Waals surface area contributed by atoms with E-state index >= 15 is 0 Å². The molecule has 17 heavy (non-hydrogen) atoms. The summed E-state index contributed by atoms with van der Waals surface area (Å²) in [5.41, 5.74) is 1.01. The second kappa shape index (κ2) is 4.76. The van der Waals surface area contributed by atoms with Crippen LogP contribution in [-0.4, -0.2) is 21.3 Å². The molecule has 1 N–H and O–H groups in total. The number of rotatable bonds is 3. The number of nitrogens with zero attached hydrogens (tertiary/aromatic N) is 2. The number of benzene rings is 1. The molecule has 4 nitrogen and oxygen atoms in total. The molecule has 0 bridgehead atoms. The van der Waals surface area contributed by atoms with E-state index in [1.54, 1.807) is 0 Å². The number of aromatic carboxylic acids is 1. The molecule has 0 saturated carbocycles. The Morgan fingerprint density at radius 1 is 1.35 bits per heavy atom. The summed E-state index contributed by atoms with van der Waals surface area (Å²) in [7, 11) is 0. The molecule has 0 radical (unpaired) electrons. The van der Waals surface area contributed by atoms with E-state index in [9.17, 15) is 13.6 Å². The fourth-order valence-corrected chi connectivity index (χ4v) is 2.50. The van der Waals surface area contributed by atoms with Crippen LogP contribution in [0, 0.1) is 11.6 Å². The standard InChI is InChI=1S/C9H4F2N2O2S2/c10-5-1-4(8(14)15)2-6(11)7(5)17-9-13-12-3-16-9/h1-3H,(H,14,15). The summed E-state index contributed by atoms with van der Waals surface area (Å²) in [6.45, 7) is 0. The van der Waals surface area contributed by atoms with Crippen molar-refractivity contribution >= 4 is 29.1 Å². The van der Waals surface area contributed by atoms with Crippen molar-refractivity contribution in [2.75, 3.05) is 0 Å². The van der Waals surface area contributed by atoms with E-state index < -0.39 is 23.2 Å². The van der Waals surface area contributed by atoms with Crippen molar-refractivity contribution < 1.29 is 18.7 Å². The lowest BCUT2D eigenvalue weighted by molar-refractivity contribution is 0.0695. The molecule has 1 heterocycles. The highest BCUT2D eigenvalue weighted by molar-refractivity contribution is 8.01. The fraction of sp³-hybridized carbons (Fsp3) is 0. The van der Waals surface area contributed by atoms with Gasteiger partial charge in [0.1, 0.15) is 17.1 Å². The summed E-state index contributed by atoms with van der Waals surface area (Å²) in [5, 5.41) is 15.8. The van der Waals surface area contributed by atoms with Crippen LogP contribution >= 0.6 is 23.1 Å². The van der Waals surface area contributed by atoms with E-state index in [2.05, 4.69) is 10.2 Å². The lowest BCUT2D eigenvalue weighted by atomic mass is 10.2. The van der Waals surface area contributed by atoms with Gasteiger partial charge in [0.15, 0.2) is 4.34 Å². The molecule has 2 rings (SSSR count). The van der Waals surface area contributed by atoms with Gasteiger partial charge in [-0.15, -0.1) is 10.2 Å². The number of carbonyl (C=O) groups is 1. The molecule has 8 heteroatoms. The number of halogens is 2. The van der Waals surface area contributed by atoms with E-state index in [0.29, 0.717) is 4.34 Å². The average Bonchev–Trinajstić information content (AvgIpc) is 2.75. The highest BCUT2D eigenvalue weighted by Gasteiger charge is 2.16. The van der Waals surface area contributed by atoms with Crippen LogP contribution in [0.4, 0.5) is 8.78 Å². The third-order valence-corrected chi connectivity index (χ3v) is 3.65. The van der Waals surface area contributed by atoms with Crippen molar-refractivity contribution in [2.24, 2.45) is 0 Å². The van der Waals surface area contributed by atoms with Gasteiger partial charge in [-0.3, -0.25) is 0 Å². The Morgan fingerprint density at radius 2 is 2.00 bits per heavy atom. The Kier molecular flexibility index (Phi) is 3.34. The molecule has 0 amide bonds. The minimum Gasteiger partial charge on any atom is -0.478 e. The minimum atomic E-state index is -1.38. The first kappa shape index (κ1) is 11.9. The van der Waals surface area contributed by atoms with E-state index in [1.807, 2.05) is 0 Å². The van der Waals surface area contributed by atoms with Crippen molar-refractivity contribution in [2.45, 2.75) is 9.24 Å². The number of aromatic nitrogens is 2. The summed E-state index contributed by atoms with van der Waals surface area (Å²) in [5.74, 6) is -3.24. The number of hydrogen-bond acceptors (Lipinski definition) is 5. The van der Waals surface area contributed by atoms with Gasteiger partial charge >= 0.3 is 5.97 Å². The van der Waals surface area contributed by atoms with Crippen molar-refractivity contribution in [1.82, 2.24) is 10.2 Å². The summed E-state index contributed by atoms with van der Waals surface area (Å²) >= 11 is 1.91. The second-order valence-corrected chi connectivity index (χ2v) is 4.97. The van der Waals surface area contributed by atoms with Crippen LogP contribution in [0.5, 0.6) is 0 Å². The first-order chi connectivity index (χ1) is 8.08. The molecule has 1 aromatic heterocycles. The summed E-state index contributed by atoms with van der Waals surface area (Å²) < 4.78 is 27.4. The molecule has 0 aliphatic carbocycles. The van der Waals surface area contributed by atoms with Gasteiger partial charge < -0.3 is 5.11 Å². The lowest BCUT2D eigenvalue weighted by Crippen LogP contribution is -2.00. The normalized spacial score (nSPS) is 10.5. The van der Waals surface area contributed by atoms with Gasteiger partial charge in [-0.25, -0.2) is 13.6 Å². The quantitative estimate of drug-likeness (QED) is 0.932. The zero-order chi connectivity index (χ0) is 12.4. The zero-order valence-corrected chi connectivity index (χ0v) is 9.69. The van der Waals surface area contributed by atoms with Crippen LogP contribution in [0.3, 0.4) is 0 Å². The third-order valence-electron chi connectivity index (χ3n) is 1.77. The van der Waals surface area contributed by atoms with Crippen molar-refractivity contribution in [3.05, 3.63) is 34.8 Å². The SMILES string of the molecule is O=C(O)c1cc(F)c(Sc2nncs2)c(F)c1. The molecule has 0 atom stereocenters. The van der Waals surface area contributed by atoms with E-state index in [-0.39, 0.29) is 4.90 Å². The minimum absolute atomic E-state index is 0.285. The molecule has 2 aromatic rings. The molecule has 1 aromatic carbocycles. The van der Waals surface area contributed by atoms with Crippen molar-refractivity contribution in [3.8, 4) is 0 Å². The summed E-state index contributed by atoms with van der Waals surface area (Å²) in [4.78, 5) is 10.3. The number of carboxylic acids is 1. The summed E-state index contributed by atoms with van der Waals surface area (Å²) in [6.07, 6.45) is 0. The van der Waals surface area contributed by atoms with E-state index in [1.165, 1.54) is 5.51 Å². The van der Waals surface area contributed by atoms with Crippen molar-refractivity contribution in [3.63, 3.8) is 0 Å². The number of hydrogen-bond donors (Lipinski definition) is 1. The molecule has 0 spiro atoms. The Labute approximate surface area is 102 Å². The monoisotopic (exact) mass is 274 g/mol. The molecular formula is C9H4F2N2O2S2. The maximum Gasteiger partial charge on any atom is 0.335 e. The molecule has 0 aliphatic heterocycles. The van der Waals surface area contributed by atoms with Crippen LogP contribution in [0.15, 0.2) is 26.9 Å². The van der Waals surface area contributed by atoms with Crippen LogP contribution in [0.2, 0.25) is 0 Å². The smallest absolute Gasteiger partial charge is 0.335 e. The van der Waals surface area contributed by atoms with Crippen LogP contribution in [0.25, 0.3) is 0 Å². The first-order valence-corrected chi connectivity index (χ1v) is 5.94. The van der Waals surface area contributed by atoms with Gasteiger partial charge in [-0.2, -0.15) is 0 Å². The zero-order valence-electron chi connectivity index (χ0n) is 8.05. The average molecular weight is 274 g/mol. The topological polar surface area (TPSA) is 63.1 Å². The Morgan fingerprint density at radius 3 is 2.47 bits per heavy atom. The lowest BCUT2D eigenvalue weighted by Gasteiger charge is -2.03. The van der Waals surface area contributed by atoms with Gasteiger partial charge in [-0.05, 0) is 12.1 Å². The molecule has 88 valence electrons. The molecule has 0 fully saturated rings. The maximum absolute atomic E-state index is 13.5. The predicted octanol–water partition coefficient (Wildman–Crippen LogP) is 2.67. The second-order valence-electron chi connectivity index (χ2n) is 2.88. The van der Waals surface area contributed by atoms with Gasteiger partial charge in [-0.1, -0.05) is 23.1 Å². The molecule has 0 unspecified atom stereocenters. The highest BCUT2D eigenvalue weighted by atomic mass is 32.2. The van der Waals surface area contributed by atoms with Crippen LogP contribution in [0.1, 0.15) is 10.4 Å². The Balaban J connectivity index is 2.38. The Hall–Kier alpha value is -1.54. The summed E-state index contributed by atoms with van der Waals surface area (Å²) in [6, 6.07) is 1.55. The number of carboxylic acid groups (broad SMARTS) is 1. The van der Waals surface area contributed by atoms with E-state index in [0.717, 1.165) is 35.2 Å². The Bertz CT molecular complexity index is 537. The fourth-order valence-electron chi connectivity index (χ4n) is 1.08. The van der Waals surface area contributed by atoms with Crippen molar-refractivity contribution in [1.29, 1.82) is 0 Å². The van der Waals surface area contributed by atoms with Gasteiger partial charge in [0.2, 0.25) is 0 Å².